The molecule has 0 unspecified atom stereocenters. The Kier molecular flexibility index (Phi) is 12.0. The second-order valence-corrected chi connectivity index (χ2v) is 8.01. The summed E-state index contributed by atoms with van der Waals surface area (Å²) in [5.41, 5.74) is 1.09. The number of phenolic OH excluding ortho intramolecular Hbond substituents is 2. The average Bonchev–Trinajstić information content (AvgIpc) is 2.76. The molecule has 0 aliphatic heterocycles. The number of phenols is 2. The van der Waals surface area contributed by atoms with Gasteiger partial charge in [0.2, 0.25) is 0 Å². The van der Waals surface area contributed by atoms with Crippen LogP contribution in [-0.2, 0) is 0 Å². The monoisotopic (exact) mass is 444 g/mol. The van der Waals surface area contributed by atoms with Crippen molar-refractivity contribution in [2.75, 3.05) is 13.1 Å². The van der Waals surface area contributed by atoms with E-state index in [-0.39, 0.29) is 11.5 Å². The van der Waals surface area contributed by atoms with Gasteiger partial charge in [-0.3, -0.25) is 9.98 Å². The van der Waals surface area contributed by atoms with E-state index in [1.807, 2.05) is 0 Å². The van der Waals surface area contributed by atoms with E-state index < -0.39 is 11.6 Å². The van der Waals surface area contributed by atoms with Crippen molar-refractivity contribution in [3.8, 4) is 11.5 Å². The number of benzene rings is 2. The van der Waals surface area contributed by atoms with Crippen molar-refractivity contribution >= 4 is 12.4 Å². The van der Waals surface area contributed by atoms with Gasteiger partial charge < -0.3 is 10.2 Å². The fourth-order valence-corrected chi connectivity index (χ4v) is 3.40. The van der Waals surface area contributed by atoms with Gasteiger partial charge in [-0.2, -0.15) is 0 Å². The predicted molar refractivity (Wildman–Crippen MR) is 127 cm³/mol. The molecular formula is C26H34F2N2O2. The number of nitrogens with zero attached hydrogens (tertiary/aromatic N) is 2. The molecule has 0 spiro atoms. The lowest BCUT2D eigenvalue weighted by Crippen LogP contribution is -1.88. The van der Waals surface area contributed by atoms with Crippen LogP contribution in [-0.4, -0.2) is 35.7 Å². The molecule has 0 atom stereocenters. The van der Waals surface area contributed by atoms with E-state index in [4.69, 9.17) is 0 Å². The molecule has 2 rings (SSSR count). The molecular weight excluding hydrogens is 410 g/mol. The minimum absolute atomic E-state index is 0.0771. The highest BCUT2D eigenvalue weighted by Gasteiger charge is 2.00. The highest BCUT2D eigenvalue weighted by Crippen LogP contribution is 2.17. The van der Waals surface area contributed by atoms with Crippen molar-refractivity contribution in [2.24, 2.45) is 9.98 Å². The number of rotatable bonds is 15. The maximum absolute atomic E-state index is 12.9. The number of aliphatic imine (C=N–C) groups is 2. The molecule has 174 valence electrons. The Morgan fingerprint density at radius 2 is 0.906 bits per heavy atom. The number of unbranched alkanes of at least 4 members (excludes halogenated alkanes) is 9. The molecule has 0 saturated carbocycles. The van der Waals surface area contributed by atoms with Gasteiger partial charge in [-0.15, -0.1) is 0 Å². The van der Waals surface area contributed by atoms with Crippen molar-refractivity contribution < 1.29 is 19.0 Å². The second kappa shape index (κ2) is 15.1. The first-order chi connectivity index (χ1) is 15.6. The van der Waals surface area contributed by atoms with Crippen LogP contribution in [0.25, 0.3) is 0 Å². The van der Waals surface area contributed by atoms with Crippen LogP contribution in [0.5, 0.6) is 11.5 Å². The van der Waals surface area contributed by atoms with Crippen molar-refractivity contribution in [2.45, 2.75) is 64.2 Å². The topological polar surface area (TPSA) is 65.2 Å². The van der Waals surface area contributed by atoms with E-state index in [0.29, 0.717) is 11.1 Å². The lowest BCUT2D eigenvalue weighted by Gasteiger charge is -2.02. The fraction of sp³-hybridized carbons (Fsp3) is 0.462. The van der Waals surface area contributed by atoms with E-state index in [9.17, 15) is 19.0 Å². The minimum atomic E-state index is -0.450. The molecule has 0 aliphatic rings. The molecule has 6 heteroatoms. The highest BCUT2D eigenvalue weighted by molar-refractivity contribution is 5.83. The quantitative estimate of drug-likeness (QED) is 0.234. The Balaban J connectivity index is 1.38. The first kappa shape index (κ1) is 25.5. The maximum Gasteiger partial charge on any atom is 0.127 e. The van der Waals surface area contributed by atoms with Crippen molar-refractivity contribution in [3.05, 3.63) is 59.2 Å². The van der Waals surface area contributed by atoms with E-state index >= 15 is 0 Å². The third-order valence-corrected chi connectivity index (χ3v) is 5.27. The summed E-state index contributed by atoms with van der Waals surface area (Å²) in [6.07, 6.45) is 15.0. The lowest BCUT2D eigenvalue weighted by atomic mass is 10.1. The van der Waals surface area contributed by atoms with E-state index in [2.05, 4.69) is 9.98 Å². The molecule has 0 amide bonds. The summed E-state index contributed by atoms with van der Waals surface area (Å²) >= 11 is 0. The fourth-order valence-electron chi connectivity index (χ4n) is 3.40. The van der Waals surface area contributed by atoms with E-state index in [1.165, 1.54) is 62.8 Å². The van der Waals surface area contributed by atoms with Gasteiger partial charge in [-0.25, -0.2) is 8.78 Å². The van der Waals surface area contributed by atoms with Gasteiger partial charge in [0.05, 0.1) is 0 Å². The van der Waals surface area contributed by atoms with Gasteiger partial charge in [0, 0.05) is 48.8 Å². The molecule has 0 heterocycles. The van der Waals surface area contributed by atoms with Gasteiger partial charge in [-0.1, -0.05) is 51.4 Å². The summed E-state index contributed by atoms with van der Waals surface area (Å²) in [4.78, 5) is 8.60. The second-order valence-electron chi connectivity index (χ2n) is 8.01. The van der Waals surface area contributed by atoms with Gasteiger partial charge in [0.25, 0.3) is 0 Å². The number of aromatic hydroxyl groups is 2. The zero-order chi connectivity index (χ0) is 23.0. The summed E-state index contributed by atoms with van der Waals surface area (Å²) in [5.74, 6) is -1.05. The van der Waals surface area contributed by atoms with Crippen LogP contribution in [0.2, 0.25) is 0 Å². The average molecular weight is 445 g/mol. The third kappa shape index (κ3) is 10.5. The van der Waals surface area contributed by atoms with Crippen LogP contribution in [0.4, 0.5) is 8.78 Å². The molecule has 0 aromatic heterocycles. The van der Waals surface area contributed by atoms with Crippen molar-refractivity contribution in [1.29, 1.82) is 0 Å². The van der Waals surface area contributed by atoms with Crippen LogP contribution in [0, 0.1) is 11.6 Å². The lowest BCUT2D eigenvalue weighted by molar-refractivity contribution is 0.467. The number of hydrogen-bond donors (Lipinski definition) is 2. The van der Waals surface area contributed by atoms with Crippen molar-refractivity contribution in [1.82, 2.24) is 0 Å². The SMILES string of the molecule is Oc1cc(F)ccc1C=NCCCCCCCCCCCCN=Cc1ccc(F)cc1O. The van der Waals surface area contributed by atoms with Crippen LogP contribution >= 0.6 is 0 Å². The molecule has 0 radical (unpaired) electrons. The van der Waals surface area contributed by atoms with Gasteiger partial charge in [-0.05, 0) is 37.1 Å². The Hall–Kier alpha value is -2.76. The maximum atomic E-state index is 12.9. The molecule has 0 bridgehead atoms. The van der Waals surface area contributed by atoms with Crippen molar-refractivity contribution in [3.63, 3.8) is 0 Å². The molecule has 0 fully saturated rings. The number of hydrogen-bond acceptors (Lipinski definition) is 4. The van der Waals surface area contributed by atoms with Crippen LogP contribution in [0.3, 0.4) is 0 Å². The first-order valence-electron chi connectivity index (χ1n) is 11.5. The highest BCUT2D eigenvalue weighted by atomic mass is 19.1. The molecule has 2 N–H and O–H groups in total. The standard InChI is InChI=1S/C26H34F2N2O2/c27-23-13-11-21(25(31)17-23)19-29-15-9-7-5-3-1-2-4-6-8-10-16-30-20-22-12-14-24(28)18-26(22)32/h11-14,17-20,31-32H,1-10,15-16H2. The zero-order valence-corrected chi connectivity index (χ0v) is 18.6. The minimum Gasteiger partial charge on any atom is -0.507 e. The van der Waals surface area contributed by atoms with Gasteiger partial charge >= 0.3 is 0 Å². The molecule has 0 aliphatic carbocycles. The zero-order valence-electron chi connectivity index (χ0n) is 18.6. The Labute approximate surface area is 189 Å². The van der Waals surface area contributed by atoms with Crippen LogP contribution < -0.4 is 0 Å². The molecule has 32 heavy (non-hydrogen) atoms. The smallest absolute Gasteiger partial charge is 0.127 e. The Morgan fingerprint density at radius 1 is 0.562 bits per heavy atom. The summed E-state index contributed by atoms with van der Waals surface area (Å²) in [5, 5.41) is 19.2. The Bertz CT molecular complexity index is 797. The summed E-state index contributed by atoms with van der Waals surface area (Å²) in [7, 11) is 0. The summed E-state index contributed by atoms with van der Waals surface area (Å²) in [6.45, 7) is 1.44. The van der Waals surface area contributed by atoms with Gasteiger partial charge in [0.1, 0.15) is 23.1 Å². The Morgan fingerprint density at radius 3 is 1.25 bits per heavy atom. The largest absolute Gasteiger partial charge is 0.507 e. The first-order valence-corrected chi connectivity index (χ1v) is 11.5. The summed E-state index contributed by atoms with van der Waals surface area (Å²) < 4.78 is 25.8. The normalized spacial score (nSPS) is 11.7. The van der Waals surface area contributed by atoms with E-state index in [1.54, 1.807) is 12.4 Å². The third-order valence-electron chi connectivity index (χ3n) is 5.27. The molecule has 2 aromatic rings. The predicted octanol–water partition coefficient (Wildman–Crippen LogP) is 6.82. The van der Waals surface area contributed by atoms with Crippen LogP contribution in [0.15, 0.2) is 46.4 Å². The number of halogens is 2. The molecule has 0 saturated heterocycles. The van der Waals surface area contributed by atoms with Crippen LogP contribution in [0.1, 0.15) is 75.3 Å². The summed E-state index contributed by atoms with van der Waals surface area (Å²) in [6, 6.07) is 7.88. The molecule has 4 nitrogen and oxygen atoms in total. The molecule has 2 aromatic carbocycles. The van der Waals surface area contributed by atoms with Gasteiger partial charge in [0.15, 0.2) is 0 Å². The van der Waals surface area contributed by atoms with E-state index in [0.717, 1.165) is 50.9 Å².